The van der Waals surface area contributed by atoms with Crippen molar-refractivity contribution in [3.63, 3.8) is 0 Å². The molecule has 1 aliphatic heterocycles. The van der Waals surface area contributed by atoms with Crippen molar-refractivity contribution in [3.05, 3.63) is 33.3 Å². The van der Waals surface area contributed by atoms with Gasteiger partial charge in [0.15, 0.2) is 0 Å². The number of likely N-dealkylation sites (tertiary alicyclic amines) is 1. The molecule has 0 amide bonds. The smallest absolute Gasteiger partial charge is 0.293 e. The van der Waals surface area contributed by atoms with Crippen LogP contribution in [0.2, 0.25) is 5.02 Å². The molecule has 1 saturated heterocycles. The molecule has 1 N–H and O–H groups in total. The van der Waals surface area contributed by atoms with E-state index < -0.39 is 0 Å². The van der Waals surface area contributed by atoms with E-state index in [0.29, 0.717) is 16.6 Å². The van der Waals surface area contributed by atoms with Gasteiger partial charge in [-0.3, -0.25) is 10.1 Å². The molecule has 108 valence electrons. The van der Waals surface area contributed by atoms with Crippen LogP contribution in [0.15, 0.2) is 18.2 Å². The quantitative estimate of drug-likeness (QED) is 0.670. The molecule has 1 saturated carbocycles. The lowest BCUT2D eigenvalue weighted by atomic mass is 10.1. The standard InChI is InChI=1S/C14H18ClN3O2/c15-12-2-1-3-13(18(19)20)14(12)16-8-10-6-7-17(9-10)11-4-5-11/h1-3,10-11,16H,4-9H2. The molecule has 2 aliphatic rings. The molecule has 1 aromatic carbocycles. The lowest BCUT2D eigenvalue weighted by Gasteiger charge is -2.16. The summed E-state index contributed by atoms with van der Waals surface area (Å²) in [5, 5.41) is 14.6. The second-order valence-corrected chi connectivity index (χ2v) is 6.06. The first kappa shape index (κ1) is 13.6. The van der Waals surface area contributed by atoms with Crippen LogP contribution in [0.3, 0.4) is 0 Å². The number of rotatable bonds is 5. The monoisotopic (exact) mass is 295 g/mol. The minimum Gasteiger partial charge on any atom is -0.378 e. The number of hydrogen-bond donors (Lipinski definition) is 1. The van der Waals surface area contributed by atoms with Crippen LogP contribution in [0.1, 0.15) is 19.3 Å². The Morgan fingerprint density at radius 1 is 1.40 bits per heavy atom. The summed E-state index contributed by atoms with van der Waals surface area (Å²) >= 11 is 6.07. The average Bonchev–Trinajstić information content (AvgIpc) is 3.16. The third-order valence-corrected chi connectivity index (χ3v) is 4.45. The number of nitro benzene ring substituents is 1. The summed E-state index contributed by atoms with van der Waals surface area (Å²) in [6.45, 7) is 2.99. The summed E-state index contributed by atoms with van der Waals surface area (Å²) in [4.78, 5) is 13.2. The number of nitrogens with zero attached hydrogens (tertiary/aromatic N) is 2. The highest BCUT2D eigenvalue weighted by Gasteiger charge is 2.34. The van der Waals surface area contributed by atoms with Gasteiger partial charge in [-0.1, -0.05) is 17.7 Å². The highest BCUT2D eigenvalue weighted by Crippen LogP contribution is 2.34. The Bertz CT molecular complexity index is 519. The maximum atomic E-state index is 11.0. The van der Waals surface area contributed by atoms with Crippen molar-refractivity contribution < 1.29 is 4.92 Å². The number of benzene rings is 1. The van der Waals surface area contributed by atoms with Gasteiger partial charge in [0.1, 0.15) is 5.69 Å². The van der Waals surface area contributed by atoms with E-state index in [2.05, 4.69) is 10.2 Å². The maximum absolute atomic E-state index is 11.0. The molecule has 5 nitrogen and oxygen atoms in total. The SMILES string of the molecule is O=[N+]([O-])c1cccc(Cl)c1NCC1CCN(C2CC2)C1. The average molecular weight is 296 g/mol. The van der Waals surface area contributed by atoms with Gasteiger partial charge < -0.3 is 10.2 Å². The van der Waals surface area contributed by atoms with E-state index >= 15 is 0 Å². The second-order valence-electron chi connectivity index (χ2n) is 5.65. The lowest BCUT2D eigenvalue weighted by molar-refractivity contribution is -0.383. The summed E-state index contributed by atoms with van der Waals surface area (Å²) in [7, 11) is 0. The molecule has 6 heteroatoms. The zero-order valence-electron chi connectivity index (χ0n) is 11.2. The van der Waals surface area contributed by atoms with Gasteiger partial charge in [0.05, 0.1) is 9.95 Å². The molecule has 1 aromatic rings. The second kappa shape index (κ2) is 5.58. The molecule has 3 rings (SSSR count). The molecule has 0 bridgehead atoms. The highest BCUT2D eigenvalue weighted by molar-refractivity contribution is 6.33. The first-order chi connectivity index (χ1) is 9.65. The van der Waals surface area contributed by atoms with Crippen LogP contribution in [0, 0.1) is 16.0 Å². The molecule has 0 radical (unpaired) electrons. The summed E-state index contributed by atoms with van der Waals surface area (Å²) in [5.74, 6) is 0.548. The predicted octanol–water partition coefficient (Wildman–Crippen LogP) is 3.14. The summed E-state index contributed by atoms with van der Waals surface area (Å²) in [5.41, 5.74) is 0.499. The van der Waals surface area contributed by atoms with Gasteiger partial charge in [0.25, 0.3) is 5.69 Å². The van der Waals surface area contributed by atoms with Crippen molar-refractivity contribution >= 4 is 23.0 Å². The van der Waals surface area contributed by atoms with E-state index in [1.807, 2.05) is 0 Å². The fraction of sp³-hybridized carbons (Fsp3) is 0.571. The normalized spacial score (nSPS) is 22.9. The van der Waals surface area contributed by atoms with Crippen molar-refractivity contribution in [3.8, 4) is 0 Å². The van der Waals surface area contributed by atoms with Gasteiger partial charge in [-0.15, -0.1) is 0 Å². The molecular weight excluding hydrogens is 278 g/mol. The van der Waals surface area contributed by atoms with Crippen molar-refractivity contribution in [1.29, 1.82) is 0 Å². The fourth-order valence-electron chi connectivity index (χ4n) is 2.89. The van der Waals surface area contributed by atoms with Crippen LogP contribution >= 0.6 is 11.6 Å². The molecule has 0 aromatic heterocycles. The summed E-state index contributed by atoms with van der Waals surface area (Å²) in [6.07, 6.45) is 3.81. The lowest BCUT2D eigenvalue weighted by Crippen LogP contribution is -2.25. The van der Waals surface area contributed by atoms with Gasteiger partial charge in [0, 0.05) is 25.2 Å². The minimum atomic E-state index is -0.390. The van der Waals surface area contributed by atoms with E-state index in [1.165, 1.54) is 18.9 Å². The van der Waals surface area contributed by atoms with Crippen LogP contribution < -0.4 is 5.32 Å². The number of para-hydroxylation sites is 1. The Labute approximate surface area is 123 Å². The van der Waals surface area contributed by atoms with Gasteiger partial charge in [-0.2, -0.15) is 0 Å². The van der Waals surface area contributed by atoms with E-state index in [4.69, 9.17) is 11.6 Å². The topological polar surface area (TPSA) is 58.4 Å². The molecule has 1 unspecified atom stereocenters. The Hall–Kier alpha value is -1.33. The number of anilines is 1. The molecule has 2 fully saturated rings. The first-order valence-electron chi connectivity index (χ1n) is 7.06. The van der Waals surface area contributed by atoms with Crippen molar-refractivity contribution in [2.24, 2.45) is 5.92 Å². The predicted molar refractivity (Wildman–Crippen MR) is 79.3 cm³/mol. The van der Waals surface area contributed by atoms with E-state index in [1.54, 1.807) is 12.1 Å². The number of hydrogen-bond acceptors (Lipinski definition) is 4. The Morgan fingerprint density at radius 2 is 2.20 bits per heavy atom. The Morgan fingerprint density at radius 3 is 2.90 bits per heavy atom. The number of nitrogens with one attached hydrogen (secondary N) is 1. The zero-order chi connectivity index (χ0) is 14.1. The molecule has 1 aliphatic carbocycles. The molecule has 1 heterocycles. The van der Waals surface area contributed by atoms with Crippen molar-refractivity contribution in [2.75, 3.05) is 25.0 Å². The van der Waals surface area contributed by atoms with Gasteiger partial charge in [0.2, 0.25) is 0 Å². The third-order valence-electron chi connectivity index (χ3n) is 4.14. The maximum Gasteiger partial charge on any atom is 0.293 e. The van der Waals surface area contributed by atoms with E-state index in [-0.39, 0.29) is 10.6 Å². The fourth-order valence-corrected chi connectivity index (χ4v) is 3.12. The van der Waals surface area contributed by atoms with Gasteiger partial charge >= 0.3 is 0 Å². The van der Waals surface area contributed by atoms with Crippen LogP contribution in [0.4, 0.5) is 11.4 Å². The zero-order valence-corrected chi connectivity index (χ0v) is 12.0. The molecular formula is C14H18ClN3O2. The van der Waals surface area contributed by atoms with E-state index in [9.17, 15) is 10.1 Å². The number of nitro groups is 1. The molecule has 20 heavy (non-hydrogen) atoms. The van der Waals surface area contributed by atoms with Crippen molar-refractivity contribution in [2.45, 2.75) is 25.3 Å². The van der Waals surface area contributed by atoms with Crippen LogP contribution in [0.25, 0.3) is 0 Å². The first-order valence-corrected chi connectivity index (χ1v) is 7.44. The Balaban J connectivity index is 1.62. The minimum absolute atomic E-state index is 0.0505. The Kier molecular flexibility index (Phi) is 3.81. The number of halogens is 1. The molecule has 1 atom stereocenters. The van der Waals surface area contributed by atoms with E-state index in [0.717, 1.165) is 32.1 Å². The van der Waals surface area contributed by atoms with Crippen molar-refractivity contribution in [1.82, 2.24) is 4.90 Å². The van der Waals surface area contributed by atoms with Crippen LogP contribution in [0.5, 0.6) is 0 Å². The van der Waals surface area contributed by atoms with Crippen LogP contribution in [-0.4, -0.2) is 35.5 Å². The van der Waals surface area contributed by atoms with Gasteiger partial charge in [-0.25, -0.2) is 0 Å². The molecule has 0 spiro atoms. The largest absolute Gasteiger partial charge is 0.378 e. The summed E-state index contributed by atoms with van der Waals surface area (Å²) in [6, 6.07) is 5.58. The van der Waals surface area contributed by atoms with Crippen LogP contribution in [-0.2, 0) is 0 Å². The third kappa shape index (κ3) is 2.88. The highest BCUT2D eigenvalue weighted by atomic mass is 35.5. The van der Waals surface area contributed by atoms with Gasteiger partial charge in [-0.05, 0) is 37.8 Å². The summed E-state index contributed by atoms with van der Waals surface area (Å²) < 4.78 is 0.